The highest BCUT2D eigenvalue weighted by Gasteiger charge is 2.06. The highest BCUT2D eigenvalue weighted by atomic mass is 32.2. The van der Waals surface area contributed by atoms with Crippen molar-refractivity contribution in [3.05, 3.63) is 34.0 Å². The fourth-order valence-electron chi connectivity index (χ4n) is 1.93. The maximum Gasteiger partial charge on any atom is 0.187 e. The van der Waals surface area contributed by atoms with E-state index in [1.54, 1.807) is 23.1 Å². The van der Waals surface area contributed by atoms with Gasteiger partial charge in [0.2, 0.25) is 0 Å². The molecule has 0 radical (unpaired) electrons. The molecule has 0 aliphatic rings. The average molecular weight is 323 g/mol. The summed E-state index contributed by atoms with van der Waals surface area (Å²) in [5.74, 6) is 1.10. The minimum Gasteiger partial charge on any atom is -0.296 e. The van der Waals surface area contributed by atoms with Gasteiger partial charge in [-0.25, -0.2) is 15.0 Å². The van der Waals surface area contributed by atoms with E-state index in [0.717, 1.165) is 40.3 Å². The van der Waals surface area contributed by atoms with E-state index in [9.17, 15) is 0 Å². The van der Waals surface area contributed by atoms with Gasteiger partial charge in [-0.1, -0.05) is 25.1 Å². The molecule has 114 valence electrons. The summed E-state index contributed by atoms with van der Waals surface area (Å²) in [5, 5.41) is 4.12. The van der Waals surface area contributed by atoms with Crippen molar-refractivity contribution in [2.45, 2.75) is 44.9 Å². The third-order valence-electron chi connectivity index (χ3n) is 2.96. The summed E-state index contributed by atoms with van der Waals surface area (Å²) in [5.41, 5.74) is 2.27. The molecule has 6 heteroatoms. The van der Waals surface area contributed by atoms with Gasteiger partial charge >= 0.3 is 0 Å². The number of unbranched alkanes of at least 4 members (excludes halogenated alkanes) is 1. The minimum atomic E-state index is 0.844. The van der Waals surface area contributed by atoms with Gasteiger partial charge in [0.1, 0.15) is 0 Å². The van der Waals surface area contributed by atoms with Crippen molar-refractivity contribution < 1.29 is 0 Å². The first kappa shape index (κ1) is 16.4. The lowest BCUT2D eigenvalue weighted by atomic mass is 10.3. The second-order valence-corrected chi connectivity index (χ2v) is 7.23. The molecule has 0 saturated heterocycles. The lowest BCUT2D eigenvalue weighted by molar-refractivity contribution is 0.314. The molecular formula is C15H22N4S2. The standard InChI is InChI=1S/C15H22N4S2/c1-4-5-6-20-15-16-7-13(8-17-15)9-19(3)10-14-11-21-12(2)18-14/h7-8,11H,4-6,9-10H2,1-3H3. The quantitative estimate of drug-likeness (QED) is 0.420. The van der Waals surface area contributed by atoms with Crippen LogP contribution in [0.2, 0.25) is 0 Å². The molecule has 0 spiro atoms. The number of aromatic nitrogens is 3. The Morgan fingerprint density at radius 1 is 1.24 bits per heavy atom. The fourth-order valence-corrected chi connectivity index (χ4v) is 3.41. The van der Waals surface area contributed by atoms with E-state index in [1.165, 1.54) is 12.8 Å². The van der Waals surface area contributed by atoms with Crippen LogP contribution in [0.3, 0.4) is 0 Å². The Hall–Kier alpha value is -0.980. The number of thiazole rings is 1. The van der Waals surface area contributed by atoms with E-state index in [1.807, 2.05) is 19.3 Å². The summed E-state index contributed by atoms with van der Waals surface area (Å²) in [6.07, 6.45) is 6.30. The van der Waals surface area contributed by atoms with E-state index >= 15 is 0 Å². The lowest BCUT2D eigenvalue weighted by Gasteiger charge is -2.14. The summed E-state index contributed by atoms with van der Waals surface area (Å²) in [4.78, 5) is 15.6. The molecule has 0 fully saturated rings. The van der Waals surface area contributed by atoms with Crippen molar-refractivity contribution in [3.63, 3.8) is 0 Å². The van der Waals surface area contributed by atoms with Crippen molar-refractivity contribution in [2.24, 2.45) is 0 Å². The molecule has 0 aliphatic carbocycles. The van der Waals surface area contributed by atoms with Crippen LogP contribution in [0.15, 0.2) is 22.9 Å². The van der Waals surface area contributed by atoms with E-state index in [-0.39, 0.29) is 0 Å². The summed E-state index contributed by atoms with van der Waals surface area (Å²) < 4.78 is 0. The van der Waals surface area contributed by atoms with Crippen LogP contribution in [0.4, 0.5) is 0 Å². The molecule has 2 aromatic heterocycles. The van der Waals surface area contributed by atoms with Crippen LogP contribution in [0, 0.1) is 6.92 Å². The van der Waals surface area contributed by atoms with E-state index < -0.39 is 0 Å². The van der Waals surface area contributed by atoms with Gasteiger partial charge in [-0.2, -0.15) is 0 Å². The van der Waals surface area contributed by atoms with Crippen molar-refractivity contribution in [1.29, 1.82) is 0 Å². The molecule has 2 heterocycles. The van der Waals surface area contributed by atoms with Gasteiger partial charge in [-0.3, -0.25) is 4.90 Å². The van der Waals surface area contributed by atoms with Gasteiger partial charge < -0.3 is 0 Å². The topological polar surface area (TPSA) is 41.9 Å². The zero-order valence-corrected chi connectivity index (χ0v) is 14.5. The minimum absolute atomic E-state index is 0.844. The second kappa shape index (κ2) is 8.46. The molecule has 0 unspecified atom stereocenters. The Labute approximate surface area is 135 Å². The molecule has 0 aliphatic heterocycles. The van der Waals surface area contributed by atoms with Crippen LogP contribution in [0.25, 0.3) is 0 Å². The molecule has 0 saturated carbocycles. The van der Waals surface area contributed by atoms with Gasteiger partial charge in [0, 0.05) is 42.2 Å². The molecule has 4 nitrogen and oxygen atoms in total. The largest absolute Gasteiger partial charge is 0.296 e. The van der Waals surface area contributed by atoms with Crippen LogP contribution in [-0.2, 0) is 13.1 Å². The Morgan fingerprint density at radius 3 is 2.62 bits per heavy atom. The van der Waals surface area contributed by atoms with Crippen LogP contribution in [0.1, 0.15) is 36.0 Å². The van der Waals surface area contributed by atoms with Gasteiger partial charge in [0.15, 0.2) is 5.16 Å². The number of hydrogen-bond acceptors (Lipinski definition) is 6. The summed E-state index contributed by atoms with van der Waals surface area (Å²) in [6, 6.07) is 0. The summed E-state index contributed by atoms with van der Waals surface area (Å²) in [7, 11) is 2.10. The third kappa shape index (κ3) is 5.73. The van der Waals surface area contributed by atoms with Crippen molar-refractivity contribution >= 4 is 23.1 Å². The number of hydrogen-bond donors (Lipinski definition) is 0. The summed E-state index contributed by atoms with van der Waals surface area (Å²) >= 11 is 3.43. The van der Waals surface area contributed by atoms with E-state index in [4.69, 9.17) is 0 Å². The molecule has 0 aromatic carbocycles. The van der Waals surface area contributed by atoms with Crippen LogP contribution < -0.4 is 0 Å². The highest BCUT2D eigenvalue weighted by molar-refractivity contribution is 7.99. The average Bonchev–Trinajstić information content (AvgIpc) is 2.86. The predicted octanol–water partition coefficient (Wildman–Crippen LogP) is 3.77. The first-order valence-corrected chi connectivity index (χ1v) is 9.07. The van der Waals surface area contributed by atoms with E-state index in [2.05, 4.69) is 39.2 Å². The molecular weight excluding hydrogens is 300 g/mol. The molecule has 0 amide bonds. The van der Waals surface area contributed by atoms with Gasteiger partial charge in [0.25, 0.3) is 0 Å². The number of nitrogens with zero attached hydrogens (tertiary/aromatic N) is 4. The monoisotopic (exact) mass is 322 g/mol. The summed E-state index contributed by atoms with van der Waals surface area (Å²) in [6.45, 7) is 5.94. The number of aryl methyl sites for hydroxylation is 1. The zero-order chi connectivity index (χ0) is 15.1. The van der Waals surface area contributed by atoms with Crippen LogP contribution >= 0.6 is 23.1 Å². The normalized spacial score (nSPS) is 11.2. The van der Waals surface area contributed by atoms with Gasteiger partial charge in [-0.05, 0) is 20.4 Å². The molecule has 2 rings (SSSR count). The fraction of sp³-hybridized carbons (Fsp3) is 0.533. The molecule has 0 atom stereocenters. The number of rotatable bonds is 8. The first-order valence-electron chi connectivity index (χ1n) is 7.20. The number of thioether (sulfide) groups is 1. The van der Waals surface area contributed by atoms with Crippen molar-refractivity contribution in [2.75, 3.05) is 12.8 Å². The molecule has 0 N–H and O–H groups in total. The highest BCUT2D eigenvalue weighted by Crippen LogP contribution is 2.15. The molecule has 2 aromatic rings. The van der Waals surface area contributed by atoms with Crippen molar-refractivity contribution in [3.8, 4) is 0 Å². The van der Waals surface area contributed by atoms with Gasteiger partial charge in [0.05, 0.1) is 10.7 Å². The Kier molecular flexibility index (Phi) is 6.60. The third-order valence-corrected chi connectivity index (χ3v) is 4.75. The Morgan fingerprint density at radius 2 is 2.00 bits per heavy atom. The maximum atomic E-state index is 4.49. The predicted molar refractivity (Wildman–Crippen MR) is 89.7 cm³/mol. The van der Waals surface area contributed by atoms with Crippen LogP contribution in [-0.4, -0.2) is 32.7 Å². The SMILES string of the molecule is CCCCSc1ncc(CN(C)Cc2csc(C)n2)cn1. The van der Waals surface area contributed by atoms with E-state index in [0.29, 0.717) is 0 Å². The second-order valence-electron chi connectivity index (χ2n) is 5.11. The smallest absolute Gasteiger partial charge is 0.187 e. The Bertz CT molecular complexity index is 539. The van der Waals surface area contributed by atoms with Crippen LogP contribution in [0.5, 0.6) is 0 Å². The molecule has 0 bridgehead atoms. The zero-order valence-electron chi connectivity index (χ0n) is 12.9. The molecule has 21 heavy (non-hydrogen) atoms. The first-order chi connectivity index (χ1) is 10.2. The lowest BCUT2D eigenvalue weighted by Crippen LogP contribution is -2.17. The van der Waals surface area contributed by atoms with Gasteiger partial charge in [-0.15, -0.1) is 11.3 Å². The Balaban J connectivity index is 1.82. The maximum absolute atomic E-state index is 4.49. The van der Waals surface area contributed by atoms with Crippen molar-refractivity contribution in [1.82, 2.24) is 19.9 Å².